The van der Waals surface area contributed by atoms with E-state index >= 15 is 0 Å². The van der Waals surface area contributed by atoms with Crippen molar-refractivity contribution in [1.29, 1.82) is 0 Å². The summed E-state index contributed by atoms with van der Waals surface area (Å²) in [6, 6.07) is 12.4. The molecule has 4 nitrogen and oxygen atoms in total. The molecule has 0 radical (unpaired) electrons. The molecule has 1 fully saturated rings. The topological polar surface area (TPSA) is 46.3 Å². The highest BCUT2D eigenvalue weighted by atomic mass is 19.1. The Bertz CT molecular complexity index is 1030. The zero-order valence-electron chi connectivity index (χ0n) is 18.3. The molecule has 4 rings (SSSR count). The number of likely N-dealkylation sites (tertiary alicyclic amines) is 1. The van der Waals surface area contributed by atoms with Crippen molar-refractivity contribution < 1.29 is 18.0 Å². The highest BCUT2D eigenvalue weighted by molar-refractivity contribution is 5.76. The normalized spacial score (nSPS) is 14.7. The second-order valence-corrected chi connectivity index (χ2v) is 8.56. The predicted octanol–water partition coefficient (Wildman–Crippen LogP) is 5.73. The molecule has 2 heterocycles. The molecule has 1 aliphatic heterocycles. The van der Waals surface area contributed by atoms with Crippen LogP contribution >= 0.6 is 0 Å². The minimum Gasteiger partial charge on any atom is -0.441 e. The number of carbonyl (C=O) groups is 1. The number of rotatable bonds is 7. The fraction of sp³-hybridized carbons (Fsp3) is 0.385. The van der Waals surface area contributed by atoms with Gasteiger partial charge in [-0.25, -0.2) is 13.8 Å². The smallest absolute Gasteiger partial charge is 0.223 e. The first-order valence-electron chi connectivity index (χ1n) is 11.2. The molecule has 0 bridgehead atoms. The fourth-order valence-corrected chi connectivity index (χ4v) is 4.24. The summed E-state index contributed by atoms with van der Waals surface area (Å²) < 4.78 is 33.3. The Kier molecular flexibility index (Phi) is 6.98. The van der Waals surface area contributed by atoms with Crippen LogP contribution in [0.5, 0.6) is 0 Å². The van der Waals surface area contributed by atoms with Gasteiger partial charge in [0.15, 0.2) is 11.7 Å². The standard InChI is InChI=1S/C26H28F2N2O2/c1-18-5-7-19(8-6-18)9-10-20-13-15-30(16-14-20)25(31)12-11-24-29-17-23(32-24)26-21(27)3-2-4-22(26)28/h2-8,17,20H,9-16H2,1H3. The maximum absolute atomic E-state index is 13.9. The van der Waals surface area contributed by atoms with Crippen molar-refractivity contribution in [1.82, 2.24) is 9.88 Å². The number of carbonyl (C=O) groups excluding carboxylic acids is 1. The lowest BCUT2D eigenvalue weighted by atomic mass is 9.90. The summed E-state index contributed by atoms with van der Waals surface area (Å²) in [5.41, 5.74) is 2.42. The molecular formula is C26H28F2N2O2. The van der Waals surface area contributed by atoms with E-state index in [0.29, 0.717) is 18.2 Å². The van der Waals surface area contributed by atoms with E-state index in [1.165, 1.54) is 35.5 Å². The van der Waals surface area contributed by atoms with E-state index in [1.807, 2.05) is 4.90 Å². The maximum atomic E-state index is 13.9. The van der Waals surface area contributed by atoms with Gasteiger partial charge < -0.3 is 9.32 Å². The average Bonchev–Trinajstić information content (AvgIpc) is 3.26. The van der Waals surface area contributed by atoms with Gasteiger partial charge in [0.1, 0.15) is 11.6 Å². The maximum Gasteiger partial charge on any atom is 0.223 e. The zero-order valence-corrected chi connectivity index (χ0v) is 18.3. The van der Waals surface area contributed by atoms with Crippen LogP contribution < -0.4 is 0 Å². The van der Waals surface area contributed by atoms with E-state index in [2.05, 4.69) is 36.2 Å². The SMILES string of the molecule is Cc1ccc(CCC2CCN(C(=O)CCc3ncc(-c4c(F)cccc4F)o3)CC2)cc1. The van der Waals surface area contributed by atoms with Crippen LogP contribution in [0.15, 0.2) is 53.1 Å². The molecule has 0 spiro atoms. The van der Waals surface area contributed by atoms with Crippen molar-refractivity contribution in [2.75, 3.05) is 13.1 Å². The van der Waals surface area contributed by atoms with Crippen LogP contribution in [0, 0.1) is 24.5 Å². The Labute approximate surface area is 187 Å². The van der Waals surface area contributed by atoms with E-state index in [0.717, 1.165) is 38.8 Å². The molecule has 0 aliphatic carbocycles. The number of amides is 1. The Morgan fingerprint density at radius 1 is 1.06 bits per heavy atom. The van der Waals surface area contributed by atoms with Crippen LogP contribution in [0.1, 0.15) is 42.7 Å². The number of piperidine rings is 1. The van der Waals surface area contributed by atoms with E-state index in [4.69, 9.17) is 4.42 Å². The quantitative estimate of drug-likeness (QED) is 0.473. The van der Waals surface area contributed by atoms with Gasteiger partial charge in [0.05, 0.1) is 11.8 Å². The Morgan fingerprint density at radius 3 is 2.44 bits per heavy atom. The molecule has 0 N–H and O–H groups in total. The molecule has 3 aromatic rings. The molecule has 168 valence electrons. The van der Waals surface area contributed by atoms with Gasteiger partial charge in [-0.1, -0.05) is 35.9 Å². The van der Waals surface area contributed by atoms with Gasteiger partial charge in [0, 0.05) is 25.9 Å². The number of nitrogens with zero attached hydrogens (tertiary/aromatic N) is 2. The van der Waals surface area contributed by atoms with Crippen LogP contribution in [0.25, 0.3) is 11.3 Å². The summed E-state index contributed by atoms with van der Waals surface area (Å²) in [4.78, 5) is 18.6. The molecule has 1 aromatic heterocycles. The Hall–Kier alpha value is -3.02. The minimum atomic E-state index is -0.700. The fourth-order valence-electron chi connectivity index (χ4n) is 4.24. The molecule has 1 saturated heterocycles. The Balaban J connectivity index is 1.23. The summed E-state index contributed by atoms with van der Waals surface area (Å²) in [6.45, 7) is 3.64. The van der Waals surface area contributed by atoms with Gasteiger partial charge in [-0.3, -0.25) is 4.79 Å². The molecule has 1 aliphatic rings. The number of aromatic nitrogens is 1. The first-order valence-corrected chi connectivity index (χ1v) is 11.2. The third-order valence-electron chi connectivity index (χ3n) is 6.24. The third kappa shape index (κ3) is 5.42. The molecule has 6 heteroatoms. The molecule has 0 atom stereocenters. The lowest BCUT2D eigenvalue weighted by Crippen LogP contribution is -2.38. The highest BCUT2D eigenvalue weighted by Gasteiger charge is 2.23. The lowest BCUT2D eigenvalue weighted by molar-refractivity contribution is -0.132. The van der Waals surface area contributed by atoms with Crippen LogP contribution in [0.3, 0.4) is 0 Å². The minimum absolute atomic E-state index is 0.0393. The van der Waals surface area contributed by atoms with Crippen LogP contribution in [0.4, 0.5) is 8.78 Å². The van der Waals surface area contributed by atoms with Crippen molar-refractivity contribution in [3.05, 3.63) is 77.3 Å². The molecule has 1 amide bonds. The number of hydrogen-bond acceptors (Lipinski definition) is 3. The molecule has 0 saturated carbocycles. The van der Waals surface area contributed by atoms with Crippen molar-refractivity contribution in [3.63, 3.8) is 0 Å². The zero-order chi connectivity index (χ0) is 22.5. The number of oxazole rings is 1. The second kappa shape index (κ2) is 10.1. The molecule has 2 aromatic carbocycles. The summed E-state index contributed by atoms with van der Waals surface area (Å²) >= 11 is 0. The first kappa shape index (κ1) is 22.2. The van der Waals surface area contributed by atoms with E-state index in [1.54, 1.807) is 0 Å². The molecule has 32 heavy (non-hydrogen) atoms. The monoisotopic (exact) mass is 438 g/mol. The van der Waals surface area contributed by atoms with Gasteiger partial charge >= 0.3 is 0 Å². The van der Waals surface area contributed by atoms with Gasteiger partial charge in [-0.2, -0.15) is 0 Å². The van der Waals surface area contributed by atoms with Crippen LogP contribution in [-0.4, -0.2) is 28.9 Å². The number of aryl methyl sites for hydroxylation is 3. The summed E-state index contributed by atoms with van der Waals surface area (Å²) in [5, 5.41) is 0. The summed E-state index contributed by atoms with van der Waals surface area (Å²) in [6.07, 6.45) is 6.16. The van der Waals surface area contributed by atoms with Crippen LogP contribution in [0.2, 0.25) is 0 Å². The second-order valence-electron chi connectivity index (χ2n) is 8.56. The van der Waals surface area contributed by atoms with E-state index < -0.39 is 11.6 Å². The number of benzene rings is 2. The van der Waals surface area contributed by atoms with Crippen molar-refractivity contribution >= 4 is 5.91 Å². The number of halogens is 2. The highest BCUT2D eigenvalue weighted by Crippen LogP contribution is 2.27. The van der Waals surface area contributed by atoms with Crippen molar-refractivity contribution in [2.45, 2.75) is 45.4 Å². The first-order chi connectivity index (χ1) is 15.5. The van der Waals surface area contributed by atoms with Crippen molar-refractivity contribution in [2.24, 2.45) is 5.92 Å². The van der Waals surface area contributed by atoms with Crippen molar-refractivity contribution in [3.8, 4) is 11.3 Å². The van der Waals surface area contributed by atoms with E-state index in [-0.39, 0.29) is 23.7 Å². The van der Waals surface area contributed by atoms with Gasteiger partial charge in [0.2, 0.25) is 5.91 Å². The largest absolute Gasteiger partial charge is 0.441 e. The van der Waals surface area contributed by atoms with Gasteiger partial charge in [-0.15, -0.1) is 0 Å². The predicted molar refractivity (Wildman–Crippen MR) is 119 cm³/mol. The molecular weight excluding hydrogens is 410 g/mol. The third-order valence-corrected chi connectivity index (χ3v) is 6.24. The van der Waals surface area contributed by atoms with Gasteiger partial charge in [0.25, 0.3) is 0 Å². The number of hydrogen-bond donors (Lipinski definition) is 0. The van der Waals surface area contributed by atoms with E-state index in [9.17, 15) is 13.6 Å². The molecule has 0 unspecified atom stereocenters. The summed E-state index contributed by atoms with van der Waals surface area (Å²) in [7, 11) is 0. The van der Waals surface area contributed by atoms with Gasteiger partial charge in [-0.05, 0) is 56.2 Å². The lowest BCUT2D eigenvalue weighted by Gasteiger charge is -2.32. The average molecular weight is 439 g/mol. The summed E-state index contributed by atoms with van der Waals surface area (Å²) in [5.74, 6) is -0.339. The van der Waals surface area contributed by atoms with Crippen LogP contribution in [-0.2, 0) is 17.6 Å². The Morgan fingerprint density at radius 2 is 1.75 bits per heavy atom.